The lowest BCUT2D eigenvalue weighted by molar-refractivity contribution is -0.136. The zero-order valence-corrected chi connectivity index (χ0v) is 12.6. The van der Waals surface area contributed by atoms with Crippen molar-refractivity contribution >= 4 is 5.91 Å². The highest BCUT2D eigenvalue weighted by Crippen LogP contribution is 2.31. The van der Waals surface area contributed by atoms with Gasteiger partial charge in [-0.1, -0.05) is 11.2 Å². The predicted octanol–water partition coefficient (Wildman–Crippen LogP) is 1.89. The van der Waals surface area contributed by atoms with Gasteiger partial charge in [0, 0.05) is 19.2 Å². The first-order valence-electron chi connectivity index (χ1n) is 7.11. The Labute approximate surface area is 128 Å². The number of hydrogen-bond donors (Lipinski definition) is 0. The number of benzene rings is 1. The first kappa shape index (κ1) is 14.4. The van der Waals surface area contributed by atoms with Crippen LogP contribution in [0.1, 0.15) is 11.3 Å². The Morgan fingerprint density at radius 2 is 2.32 bits per heavy atom. The highest BCUT2D eigenvalue weighted by molar-refractivity contribution is 5.79. The third kappa shape index (κ3) is 2.90. The number of ether oxygens (including phenoxy) is 2. The molecule has 2 heterocycles. The fourth-order valence-electron chi connectivity index (χ4n) is 2.59. The molecule has 6 heteroatoms. The van der Waals surface area contributed by atoms with Crippen molar-refractivity contribution in [3.8, 4) is 11.5 Å². The summed E-state index contributed by atoms with van der Waals surface area (Å²) in [4.78, 5) is 14.2. The van der Waals surface area contributed by atoms with Crippen LogP contribution >= 0.6 is 0 Å². The first-order valence-corrected chi connectivity index (χ1v) is 7.11. The molecule has 6 nitrogen and oxygen atoms in total. The second-order valence-electron chi connectivity index (χ2n) is 5.37. The number of rotatable bonds is 4. The van der Waals surface area contributed by atoms with Crippen molar-refractivity contribution in [3.05, 3.63) is 41.8 Å². The van der Waals surface area contributed by atoms with Crippen LogP contribution in [-0.4, -0.2) is 36.7 Å². The van der Waals surface area contributed by atoms with Gasteiger partial charge in [-0.3, -0.25) is 4.79 Å². The molecule has 1 atom stereocenters. The molecule has 0 fully saturated rings. The molecule has 0 saturated carbocycles. The summed E-state index contributed by atoms with van der Waals surface area (Å²) in [6, 6.07) is 7.44. The van der Waals surface area contributed by atoms with Crippen molar-refractivity contribution < 1.29 is 18.8 Å². The third-order valence-electron chi connectivity index (χ3n) is 3.80. The molecule has 116 valence electrons. The maximum absolute atomic E-state index is 12.5. The minimum atomic E-state index is -0.183. The van der Waals surface area contributed by atoms with Crippen molar-refractivity contribution in [2.24, 2.45) is 5.92 Å². The summed E-state index contributed by atoms with van der Waals surface area (Å²) in [5.41, 5.74) is 1.76. The number of carbonyl (C=O) groups excluding carboxylic acids is 1. The molecule has 1 aromatic heterocycles. The van der Waals surface area contributed by atoms with Crippen LogP contribution in [0.25, 0.3) is 0 Å². The topological polar surface area (TPSA) is 64.8 Å². The molecule has 2 aromatic rings. The number of fused-ring (bicyclic) bond motifs is 1. The lowest BCUT2D eigenvalue weighted by atomic mass is 9.95. The summed E-state index contributed by atoms with van der Waals surface area (Å²) in [7, 11) is 3.39. The van der Waals surface area contributed by atoms with E-state index in [0.29, 0.717) is 19.6 Å². The number of hydrogen-bond acceptors (Lipinski definition) is 5. The molecular weight excluding hydrogens is 284 g/mol. The highest BCUT2D eigenvalue weighted by Gasteiger charge is 2.28. The van der Waals surface area contributed by atoms with E-state index >= 15 is 0 Å². The van der Waals surface area contributed by atoms with Crippen LogP contribution in [0.2, 0.25) is 0 Å². The normalized spacial score (nSPS) is 16.5. The van der Waals surface area contributed by atoms with Crippen LogP contribution < -0.4 is 9.47 Å². The third-order valence-corrected chi connectivity index (χ3v) is 3.80. The summed E-state index contributed by atoms with van der Waals surface area (Å²) in [6.45, 7) is 0.809. The lowest BCUT2D eigenvalue weighted by Crippen LogP contribution is -2.38. The van der Waals surface area contributed by atoms with Crippen molar-refractivity contribution in [1.29, 1.82) is 0 Å². The number of carbonyl (C=O) groups is 1. The molecule has 1 amide bonds. The molecule has 0 spiro atoms. The van der Waals surface area contributed by atoms with Gasteiger partial charge in [-0.15, -0.1) is 0 Å². The molecule has 0 aliphatic carbocycles. The van der Waals surface area contributed by atoms with Gasteiger partial charge in [-0.2, -0.15) is 0 Å². The van der Waals surface area contributed by atoms with E-state index in [1.807, 2.05) is 18.2 Å². The van der Waals surface area contributed by atoms with Gasteiger partial charge in [-0.25, -0.2) is 0 Å². The van der Waals surface area contributed by atoms with E-state index in [1.54, 1.807) is 25.1 Å². The van der Waals surface area contributed by atoms with E-state index in [2.05, 4.69) is 5.16 Å². The Morgan fingerprint density at radius 1 is 1.45 bits per heavy atom. The first-order chi connectivity index (χ1) is 10.7. The second kappa shape index (κ2) is 6.09. The maximum Gasteiger partial charge on any atom is 0.229 e. The molecule has 1 aromatic carbocycles. The summed E-state index contributed by atoms with van der Waals surface area (Å²) in [5, 5.41) is 3.82. The zero-order chi connectivity index (χ0) is 15.5. The van der Waals surface area contributed by atoms with E-state index in [-0.39, 0.29) is 11.8 Å². The smallest absolute Gasteiger partial charge is 0.229 e. The van der Waals surface area contributed by atoms with E-state index in [0.717, 1.165) is 22.8 Å². The largest absolute Gasteiger partial charge is 0.497 e. The van der Waals surface area contributed by atoms with Gasteiger partial charge in [0.1, 0.15) is 30.1 Å². The second-order valence-corrected chi connectivity index (χ2v) is 5.37. The van der Waals surface area contributed by atoms with Crippen LogP contribution in [0, 0.1) is 5.92 Å². The zero-order valence-electron chi connectivity index (χ0n) is 12.6. The standard InChI is InChI=1S/C16H18N2O4/c1-18(9-13-5-6-22-17-13)16(19)12-7-11-3-4-14(20-2)8-15(11)21-10-12/h3-6,8,12H,7,9-10H2,1-2H3. The summed E-state index contributed by atoms with van der Waals surface area (Å²) < 4.78 is 15.7. The lowest BCUT2D eigenvalue weighted by Gasteiger charge is -2.28. The number of amides is 1. The van der Waals surface area contributed by atoms with Gasteiger partial charge in [0.2, 0.25) is 5.91 Å². The van der Waals surface area contributed by atoms with Gasteiger partial charge in [-0.05, 0) is 18.1 Å². The molecule has 1 aliphatic heterocycles. The Morgan fingerprint density at radius 3 is 3.05 bits per heavy atom. The molecule has 0 N–H and O–H groups in total. The Balaban J connectivity index is 1.67. The van der Waals surface area contributed by atoms with E-state index in [1.165, 1.54) is 6.26 Å². The fraction of sp³-hybridized carbons (Fsp3) is 0.375. The summed E-state index contributed by atoms with van der Waals surface area (Å²) >= 11 is 0. The van der Waals surface area contributed by atoms with Crippen LogP contribution in [0.15, 0.2) is 35.1 Å². The van der Waals surface area contributed by atoms with E-state index < -0.39 is 0 Å². The van der Waals surface area contributed by atoms with Crippen molar-refractivity contribution in [2.75, 3.05) is 20.8 Å². The highest BCUT2D eigenvalue weighted by atomic mass is 16.5. The average Bonchev–Trinajstić information content (AvgIpc) is 3.06. The van der Waals surface area contributed by atoms with Gasteiger partial charge in [0.15, 0.2) is 0 Å². The minimum Gasteiger partial charge on any atom is -0.497 e. The maximum atomic E-state index is 12.5. The summed E-state index contributed by atoms with van der Waals surface area (Å²) in [6.07, 6.45) is 2.17. The van der Waals surface area contributed by atoms with Crippen LogP contribution in [0.4, 0.5) is 0 Å². The quantitative estimate of drug-likeness (QED) is 0.863. The van der Waals surface area contributed by atoms with Gasteiger partial charge < -0.3 is 18.9 Å². The minimum absolute atomic E-state index is 0.0458. The molecule has 1 unspecified atom stereocenters. The Kier molecular flexibility index (Phi) is 4.00. The fourth-order valence-corrected chi connectivity index (χ4v) is 2.59. The average molecular weight is 302 g/mol. The predicted molar refractivity (Wildman–Crippen MR) is 78.7 cm³/mol. The van der Waals surface area contributed by atoms with Crippen LogP contribution in [0.5, 0.6) is 11.5 Å². The molecule has 0 radical (unpaired) electrons. The number of methoxy groups -OCH3 is 1. The van der Waals surface area contributed by atoms with E-state index in [9.17, 15) is 4.79 Å². The Bertz CT molecular complexity index is 654. The Hall–Kier alpha value is -2.50. The molecular formula is C16H18N2O4. The molecule has 0 saturated heterocycles. The number of aromatic nitrogens is 1. The monoisotopic (exact) mass is 302 g/mol. The summed E-state index contributed by atoms with van der Waals surface area (Å²) in [5.74, 6) is 1.41. The van der Waals surface area contributed by atoms with Crippen LogP contribution in [0.3, 0.4) is 0 Å². The number of nitrogens with zero attached hydrogens (tertiary/aromatic N) is 2. The van der Waals surface area contributed by atoms with Gasteiger partial charge >= 0.3 is 0 Å². The van der Waals surface area contributed by atoms with E-state index in [4.69, 9.17) is 14.0 Å². The van der Waals surface area contributed by atoms with Gasteiger partial charge in [0.25, 0.3) is 0 Å². The molecule has 0 bridgehead atoms. The molecule has 1 aliphatic rings. The van der Waals surface area contributed by atoms with Gasteiger partial charge in [0.05, 0.1) is 19.6 Å². The van der Waals surface area contributed by atoms with Crippen molar-refractivity contribution in [1.82, 2.24) is 10.1 Å². The SMILES string of the molecule is COc1ccc2c(c1)OCC(C(=O)N(C)Cc1ccon1)C2. The van der Waals surface area contributed by atoms with Crippen LogP contribution in [-0.2, 0) is 17.8 Å². The van der Waals surface area contributed by atoms with Crippen molar-refractivity contribution in [2.45, 2.75) is 13.0 Å². The van der Waals surface area contributed by atoms with Crippen molar-refractivity contribution in [3.63, 3.8) is 0 Å². The molecule has 22 heavy (non-hydrogen) atoms. The molecule has 3 rings (SSSR count).